The maximum Gasteiger partial charge on any atom is 0.249 e. The average Bonchev–Trinajstić information content (AvgIpc) is 2.85. The number of rotatable bonds is 6. The molecule has 0 unspecified atom stereocenters. The van der Waals surface area contributed by atoms with Gasteiger partial charge in [-0.15, -0.1) is 0 Å². The predicted molar refractivity (Wildman–Crippen MR) is 102 cm³/mol. The van der Waals surface area contributed by atoms with E-state index in [-0.39, 0.29) is 5.91 Å². The molecule has 1 fully saturated rings. The van der Waals surface area contributed by atoms with Gasteiger partial charge in [0.15, 0.2) is 0 Å². The zero-order valence-corrected chi connectivity index (χ0v) is 15.2. The fourth-order valence-corrected chi connectivity index (χ4v) is 3.04. The normalized spacial score (nSPS) is 17.6. The van der Waals surface area contributed by atoms with Crippen LogP contribution in [0.25, 0.3) is 16.8 Å². The number of fused-ring (bicyclic) bond motifs is 1. The fourth-order valence-electron chi connectivity index (χ4n) is 3.04. The van der Waals surface area contributed by atoms with Crippen molar-refractivity contribution in [2.75, 3.05) is 6.61 Å². The van der Waals surface area contributed by atoms with Crippen molar-refractivity contribution in [2.24, 2.45) is 5.41 Å². The summed E-state index contributed by atoms with van der Waals surface area (Å²) in [6, 6.07) is 12.3. The molecule has 0 aliphatic carbocycles. The van der Waals surface area contributed by atoms with E-state index in [0.29, 0.717) is 0 Å². The lowest BCUT2D eigenvalue weighted by Crippen LogP contribution is -2.28. The molecule has 1 amide bonds. The van der Waals surface area contributed by atoms with Gasteiger partial charge in [0, 0.05) is 11.1 Å². The molecule has 2 N–H and O–H groups in total. The summed E-state index contributed by atoms with van der Waals surface area (Å²) in [5.41, 5.74) is 7.06. The molecule has 1 aliphatic heterocycles. The van der Waals surface area contributed by atoms with E-state index in [1.165, 1.54) is 12.8 Å². The van der Waals surface area contributed by atoms with E-state index >= 15 is 0 Å². The Hall–Kier alpha value is -2.49. The van der Waals surface area contributed by atoms with E-state index in [0.717, 1.165) is 40.8 Å². The molecule has 0 bridgehead atoms. The Morgan fingerprint density at radius 3 is 2.52 bits per heavy atom. The second kappa shape index (κ2) is 7.18. The Bertz CT molecular complexity index is 803. The van der Waals surface area contributed by atoms with Crippen LogP contribution in [0.5, 0.6) is 5.75 Å². The third-order valence-corrected chi connectivity index (χ3v) is 4.76. The minimum Gasteiger partial charge on any atom is -0.493 e. The fraction of sp³-hybridized carbons (Fsp3) is 0.381. The van der Waals surface area contributed by atoms with Crippen molar-refractivity contribution in [3.8, 4) is 5.75 Å². The van der Waals surface area contributed by atoms with Crippen molar-refractivity contribution >= 4 is 22.8 Å². The first-order valence-corrected chi connectivity index (χ1v) is 8.97. The lowest BCUT2D eigenvalue weighted by molar-refractivity contribution is -0.125. The summed E-state index contributed by atoms with van der Waals surface area (Å²) >= 11 is 0. The largest absolute Gasteiger partial charge is 0.493 e. The van der Waals surface area contributed by atoms with Crippen molar-refractivity contribution < 1.29 is 9.53 Å². The van der Waals surface area contributed by atoms with E-state index in [1.54, 1.807) is 0 Å². The van der Waals surface area contributed by atoms with Gasteiger partial charge < -0.3 is 10.2 Å². The first-order valence-electron chi connectivity index (χ1n) is 8.97. The summed E-state index contributed by atoms with van der Waals surface area (Å²) < 4.78 is 6.07. The smallest absolute Gasteiger partial charge is 0.249 e. The summed E-state index contributed by atoms with van der Waals surface area (Å²) in [5, 5.41) is 2.23. The van der Waals surface area contributed by atoms with Gasteiger partial charge in [0.1, 0.15) is 5.75 Å². The third-order valence-electron chi connectivity index (χ3n) is 4.76. The van der Waals surface area contributed by atoms with Gasteiger partial charge in [-0.1, -0.05) is 50.1 Å². The molecule has 2 aromatic carbocycles. The molecule has 4 nitrogen and oxygen atoms in total. The number of benzene rings is 2. The summed E-state index contributed by atoms with van der Waals surface area (Å²) in [7, 11) is 0. The first kappa shape index (κ1) is 17.3. The predicted octanol–water partition coefficient (Wildman–Crippen LogP) is 4.41. The van der Waals surface area contributed by atoms with Crippen LogP contribution in [0.15, 0.2) is 42.1 Å². The topological polar surface area (TPSA) is 50.4 Å². The molecule has 0 saturated carbocycles. The lowest BCUT2D eigenvalue weighted by Gasteiger charge is -2.16. The van der Waals surface area contributed by atoms with Gasteiger partial charge in [-0.3, -0.25) is 10.2 Å². The number of unbranched alkanes of at least 4 members (excludes halogenated alkanes) is 2. The van der Waals surface area contributed by atoms with Gasteiger partial charge in [-0.05, 0) is 43.4 Å². The second-order valence-corrected chi connectivity index (χ2v) is 7.02. The van der Waals surface area contributed by atoms with Crippen LogP contribution in [0.3, 0.4) is 0 Å². The zero-order valence-electron chi connectivity index (χ0n) is 15.2. The summed E-state index contributed by atoms with van der Waals surface area (Å²) in [5.74, 6) is 0.881. The number of nitrogens with one attached hydrogen (secondary N) is 2. The molecule has 4 heteroatoms. The van der Waals surface area contributed by atoms with Crippen molar-refractivity contribution in [3.05, 3.63) is 47.7 Å². The molecule has 1 heterocycles. The molecular formula is C21H26N2O2. The maximum atomic E-state index is 12.0. The number of ether oxygens (including phenoxy) is 1. The SMILES string of the molecule is CCCCCOc1cccc2cccc(/C=C3\NNC(=O)C3(C)C)c12. The molecule has 0 atom stereocenters. The van der Waals surface area contributed by atoms with Crippen LogP contribution >= 0.6 is 0 Å². The van der Waals surface area contributed by atoms with Crippen LogP contribution in [0, 0.1) is 5.41 Å². The van der Waals surface area contributed by atoms with E-state index < -0.39 is 5.41 Å². The van der Waals surface area contributed by atoms with E-state index in [9.17, 15) is 4.79 Å². The molecule has 2 aromatic rings. The highest BCUT2D eigenvalue weighted by molar-refractivity contribution is 5.97. The molecule has 1 saturated heterocycles. The van der Waals surface area contributed by atoms with Crippen molar-refractivity contribution in [1.82, 2.24) is 10.9 Å². The van der Waals surface area contributed by atoms with Gasteiger partial charge in [-0.2, -0.15) is 0 Å². The number of carbonyl (C=O) groups is 1. The molecule has 3 rings (SSSR count). The highest BCUT2D eigenvalue weighted by Gasteiger charge is 2.37. The Labute approximate surface area is 149 Å². The summed E-state index contributed by atoms with van der Waals surface area (Å²) in [6.45, 7) is 6.75. The monoisotopic (exact) mass is 338 g/mol. The van der Waals surface area contributed by atoms with Gasteiger partial charge >= 0.3 is 0 Å². The second-order valence-electron chi connectivity index (χ2n) is 7.02. The molecule has 0 aromatic heterocycles. The van der Waals surface area contributed by atoms with Crippen LogP contribution in [0.1, 0.15) is 45.6 Å². The molecule has 0 spiro atoms. The minimum absolute atomic E-state index is 0.0185. The van der Waals surface area contributed by atoms with Crippen molar-refractivity contribution in [1.29, 1.82) is 0 Å². The van der Waals surface area contributed by atoms with E-state index in [1.807, 2.05) is 38.1 Å². The number of hydrogen-bond donors (Lipinski definition) is 2. The zero-order chi connectivity index (χ0) is 17.9. The van der Waals surface area contributed by atoms with Crippen LogP contribution in [0.2, 0.25) is 0 Å². The molecular weight excluding hydrogens is 312 g/mol. The Morgan fingerprint density at radius 1 is 1.08 bits per heavy atom. The van der Waals surface area contributed by atoms with Crippen LogP contribution < -0.4 is 15.6 Å². The number of carbonyl (C=O) groups excluding carboxylic acids is 1. The van der Waals surface area contributed by atoms with Crippen molar-refractivity contribution in [2.45, 2.75) is 40.0 Å². The number of hydrazine groups is 1. The maximum absolute atomic E-state index is 12.0. The highest BCUT2D eigenvalue weighted by Crippen LogP contribution is 2.34. The van der Waals surface area contributed by atoms with Crippen LogP contribution in [-0.2, 0) is 4.79 Å². The van der Waals surface area contributed by atoms with Crippen LogP contribution in [-0.4, -0.2) is 12.5 Å². The molecule has 1 aliphatic rings. The first-order chi connectivity index (χ1) is 12.0. The quantitative estimate of drug-likeness (QED) is 0.767. The van der Waals surface area contributed by atoms with Gasteiger partial charge in [0.05, 0.1) is 12.0 Å². The number of hydrogen-bond acceptors (Lipinski definition) is 3. The van der Waals surface area contributed by atoms with Crippen molar-refractivity contribution in [3.63, 3.8) is 0 Å². The average molecular weight is 338 g/mol. The third kappa shape index (κ3) is 3.48. The summed E-state index contributed by atoms with van der Waals surface area (Å²) in [6.07, 6.45) is 5.45. The van der Waals surface area contributed by atoms with Gasteiger partial charge in [-0.25, -0.2) is 0 Å². The van der Waals surface area contributed by atoms with Gasteiger partial charge in [0.2, 0.25) is 5.91 Å². The molecule has 25 heavy (non-hydrogen) atoms. The number of amides is 1. The standard InChI is InChI=1S/C21H26N2O2/c1-4-5-6-13-25-17-12-8-10-15-9-7-11-16(19(15)17)14-18-21(2,3)20(24)23-22-18/h7-12,14,22H,4-6,13H2,1-3H3,(H,23,24)/b18-14-. The Balaban J connectivity index is 2.00. The Kier molecular flexibility index (Phi) is 4.98. The van der Waals surface area contributed by atoms with E-state index in [4.69, 9.17) is 4.74 Å². The lowest BCUT2D eigenvalue weighted by atomic mass is 9.88. The Morgan fingerprint density at radius 2 is 1.84 bits per heavy atom. The minimum atomic E-state index is -0.570. The highest BCUT2D eigenvalue weighted by atomic mass is 16.5. The van der Waals surface area contributed by atoms with E-state index in [2.05, 4.69) is 36.0 Å². The van der Waals surface area contributed by atoms with Crippen LogP contribution in [0.4, 0.5) is 0 Å². The molecule has 0 radical (unpaired) electrons. The van der Waals surface area contributed by atoms with Gasteiger partial charge in [0.25, 0.3) is 0 Å². The summed E-state index contributed by atoms with van der Waals surface area (Å²) in [4.78, 5) is 12.0. The molecule has 132 valence electrons.